The maximum absolute atomic E-state index is 10.5. The lowest BCUT2D eigenvalue weighted by atomic mass is 9.88. The summed E-state index contributed by atoms with van der Waals surface area (Å²) in [4.78, 5) is 21.1. The maximum Gasteiger partial charge on any atom is 0.157 e. The quantitative estimate of drug-likeness (QED) is 0.275. The molecule has 4 rings (SSSR count). The van der Waals surface area contributed by atoms with Crippen LogP contribution in [0.4, 0.5) is 0 Å². The van der Waals surface area contributed by atoms with E-state index in [1.807, 2.05) is 48.5 Å². The van der Waals surface area contributed by atoms with Crippen LogP contribution in [0.1, 0.15) is 11.1 Å². The van der Waals surface area contributed by atoms with Gasteiger partial charge in [-0.25, -0.2) is 0 Å². The number of rotatable bonds is 9. The van der Waals surface area contributed by atoms with Gasteiger partial charge in [0.05, 0.1) is 0 Å². The van der Waals surface area contributed by atoms with Crippen molar-refractivity contribution in [1.29, 1.82) is 0 Å². The number of hydrogen-bond donors (Lipinski definition) is 0. The van der Waals surface area contributed by atoms with Crippen LogP contribution in [0.5, 0.6) is 11.5 Å². The second kappa shape index (κ2) is 10.6. The molecular formula is C30H26O4. The number of carbonyl (C=O) groups is 2. The summed E-state index contributed by atoms with van der Waals surface area (Å²) >= 11 is 0. The Kier molecular flexibility index (Phi) is 7.19. The van der Waals surface area contributed by atoms with Gasteiger partial charge in [-0.2, -0.15) is 0 Å². The summed E-state index contributed by atoms with van der Waals surface area (Å²) in [7, 11) is 0. The Hall–Kier alpha value is -4.18. The Balaban J connectivity index is 1.68. The minimum atomic E-state index is 0.0535. The lowest BCUT2D eigenvalue weighted by Gasteiger charge is -2.17. The standard InChI is InChI=1S/C30H26O4/c1-21-27(23-9-13-25(14-10-23)33-19-17-31)5-3-7-29(21)30-8-4-6-28(22(30)2)24-11-15-26(16-12-24)34-20-18-32/h3-18H,19-20H2,1-2H3. The average molecular weight is 451 g/mol. The lowest BCUT2D eigenvalue weighted by molar-refractivity contribution is -0.110. The highest BCUT2D eigenvalue weighted by atomic mass is 16.5. The fourth-order valence-electron chi connectivity index (χ4n) is 4.20. The molecule has 0 saturated carbocycles. The summed E-state index contributed by atoms with van der Waals surface area (Å²) < 4.78 is 10.8. The molecule has 4 heteroatoms. The monoisotopic (exact) mass is 450 g/mol. The van der Waals surface area contributed by atoms with Crippen molar-refractivity contribution < 1.29 is 19.1 Å². The largest absolute Gasteiger partial charge is 0.486 e. The third-order valence-corrected chi connectivity index (χ3v) is 5.92. The first-order valence-electron chi connectivity index (χ1n) is 11.2. The molecule has 0 amide bonds. The molecular weight excluding hydrogens is 424 g/mol. The molecule has 0 radical (unpaired) electrons. The van der Waals surface area contributed by atoms with Gasteiger partial charge >= 0.3 is 0 Å². The van der Waals surface area contributed by atoms with E-state index in [9.17, 15) is 9.59 Å². The molecule has 0 fully saturated rings. The van der Waals surface area contributed by atoms with Gasteiger partial charge in [-0.15, -0.1) is 0 Å². The number of carbonyl (C=O) groups excluding carboxylic acids is 2. The topological polar surface area (TPSA) is 52.6 Å². The summed E-state index contributed by atoms with van der Waals surface area (Å²) in [5, 5.41) is 0. The molecule has 0 N–H and O–H groups in total. The molecule has 4 aromatic rings. The van der Waals surface area contributed by atoms with Crippen molar-refractivity contribution in [2.45, 2.75) is 13.8 Å². The number of hydrogen-bond acceptors (Lipinski definition) is 4. The van der Waals surface area contributed by atoms with Gasteiger partial charge in [-0.05, 0) is 82.6 Å². The smallest absolute Gasteiger partial charge is 0.157 e. The van der Waals surface area contributed by atoms with Gasteiger partial charge in [0, 0.05) is 0 Å². The lowest BCUT2D eigenvalue weighted by Crippen LogP contribution is -1.97. The molecule has 0 aliphatic heterocycles. The summed E-state index contributed by atoms with van der Waals surface area (Å²) in [5.41, 5.74) is 9.26. The molecule has 0 heterocycles. The van der Waals surface area contributed by atoms with Gasteiger partial charge in [0.15, 0.2) is 12.6 Å². The van der Waals surface area contributed by atoms with Gasteiger partial charge in [-0.3, -0.25) is 9.59 Å². The van der Waals surface area contributed by atoms with Crippen molar-refractivity contribution in [3.63, 3.8) is 0 Å². The highest BCUT2D eigenvalue weighted by Crippen LogP contribution is 2.37. The van der Waals surface area contributed by atoms with Crippen LogP contribution in [0, 0.1) is 13.8 Å². The van der Waals surface area contributed by atoms with Crippen molar-refractivity contribution in [3.05, 3.63) is 96.1 Å². The minimum absolute atomic E-state index is 0.0535. The zero-order valence-corrected chi connectivity index (χ0v) is 19.3. The van der Waals surface area contributed by atoms with Gasteiger partial charge < -0.3 is 9.47 Å². The molecule has 34 heavy (non-hydrogen) atoms. The summed E-state index contributed by atoms with van der Waals surface area (Å²) in [5.74, 6) is 1.35. The predicted molar refractivity (Wildman–Crippen MR) is 135 cm³/mol. The Morgan fingerprint density at radius 2 is 0.882 bits per heavy atom. The second-order valence-corrected chi connectivity index (χ2v) is 7.96. The van der Waals surface area contributed by atoms with Gasteiger partial charge in [-0.1, -0.05) is 60.7 Å². The fraction of sp³-hybridized carbons (Fsp3) is 0.133. The third kappa shape index (κ3) is 4.91. The van der Waals surface area contributed by atoms with E-state index in [0.717, 1.165) is 34.8 Å². The maximum atomic E-state index is 10.5. The van der Waals surface area contributed by atoms with Crippen LogP contribution in [0.25, 0.3) is 33.4 Å². The van der Waals surface area contributed by atoms with Crippen LogP contribution < -0.4 is 9.47 Å². The third-order valence-electron chi connectivity index (χ3n) is 5.92. The molecule has 4 nitrogen and oxygen atoms in total. The molecule has 0 unspecified atom stereocenters. The van der Waals surface area contributed by atoms with E-state index in [1.54, 1.807) is 0 Å². The Morgan fingerprint density at radius 3 is 1.24 bits per heavy atom. The second-order valence-electron chi connectivity index (χ2n) is 7.96. The molecule has 0 atom stereocenters. The molecule has 0 saturated heterocycles. The first-order chi connectivity index (χ1) is 16.6. The molecule has 0 bridgehead atoms. The van der Waals surface area contributed by atoms with Crippen LogP contribution in [0.3, 0.4) is 0 Å². The fourth-order valence-corrected chi connectivity index (χ4v) is 4.20. The van der Waals surface area contributed by atoms with Crippen LogP contribution in [-0.4, -0.2) is 25.8 Å². The van der Waals surface area contributed by atoms with E-state index >= 15 is 0 Å². The van der Waals surface area contributed by atoms with Crippen LogP contribution in [0.15, 0.2) is 84.9 Å². The van der Waals surface area contributed by atoms with Crippen molar-refractivity contribution in [2.75, 3.05) is 13.2 Å². The normalized spacial score (nSPS) is 10.5. The molecule has 4 aromatic carbocycles. The first-order valence-corrected chi connectivity index (χ1v) is 11.2. The van der Waals surface area contributed by atoms with Crippen LogP contribution in [0.2, 0.25) is 0 Å². The summed E-state index contributed by atoms with van der Waals surface area (Å²) in [6, 6.07) is 28.3. The van der Waals surface area contributed by atoms with Crippen molar-refractivity contribution in [3.8, 4) is 44.9 Å². The molecule has 0 aliphatic carbocycles. The highest BCUT2D eigenvalue weighted by molar-refractivity contribution is 5.83. The van der Waals surface area contributed by atoms with E-state index in [-0.39, 0.29) is 13.2 Å². The summed E-state index contributed by atoms with van der Waals surface area (Å²) in [6.07, 6.45) is 1.49. The molecule has 0 aromatic heterocycles. The Bertz CT molecular complexity index is 1190. The number of aldehydes is 2. The Labute approximate surface area is 199 Å². The molecule has 0 spiro atoms. The summed E-state index contributed by atoms with van der Waals surface area (Å²) in [6.45, 7) is 4.40. The van der Waals surface area contributed by atoms with E-state index in [2.05, 4.69) is 50.2 Å². The zero-order chi connectivity index (χ0) is 23.9. The number of benzene rings is 4. The first kappa shape index (κ1) is 23.0. The van der Waals surface area contributed by atoms with Gasteiger partial charge in [0.1, 0.15) is 24.7 Å². The zero-order valence-electron chi connectivity index (χ0n) is 19.3. The van der Waals surface area contributed by atoms with Gasteiger partial charge in [0.25, 0.3) is 0 Å². The van der Waals surface area contributed by atoms with Crippen molar-refractivity contribution >= 4 is 12.6 Å². The Morgan fingerprint density at radius 1 is 0.529 bits per heavy atom. The molecule has 170 valence electrons. The molecule has 0 aliphatic rings. The van der Waals surface area contributed by atoms with Crippen molar-refractivity contribution in [2.24, 2.45) is 0 Å². The van der Waals surface area contributed by atoms with E-state index < -0.39 is 0 Å². The number of ether oxygens (including phenoxy) is 2. The minimum Gasteiger partial charge on any atom is -0.486 e. The highest BCUT2D eigenvalue weighted by Gasteiger charge is 2.13. The average Bonchev–Trinajstić information content (AvgIpc) is 2.87. The van der Waals surface area contributed by atoms with E-state index in [1.165, 1.54) is 22.3 Å². The SMILES string of the molecule is Cc1c(-c2ccc(OCC=O)cc2)cccc1-c1cccc(-c2ccc(OCC=O)cc2)c1C. The predicted octanol–water partition coefficient (Wildman–Crippen LogP) is 6.46. The van der Waals surface area contributed by atoms with Crippen LogP contribution in [-0.2, 0) is 9.59 Å². The van der Waals surface area contributed by atoms with E-state index in [4.69, 9.17) is 9.47 Å². The van der Waals surface area contributed by atoms with Gasteiger partial charge in [0.2, 0.25) is 0 Å². The van der Waals surface area contributed by atoms with E-state index in [0.29, 0.717) is 11.5 Å². The van der Waals surface area contributed by atoms with Crippen LogP contribution >= 0.6 is 0 Å². The van der Waals surface area contributed by atoms with Crippen molar-refractivity contribution in [1.82, 2.24) is 0 Å².